The van der Waals surface area contributed by atoms with Gasteiger partial charge in [0.1, 0.15) is 5.69 Å². The third kappa shape index (κ3) is 1.91. The summed E-state index contributed by atoms with van der Waals surface area (Å²) in [6.45, 7) is 0. The van der Waals surface area contributed by atoms with E-state index in [9.17, 15) is 4.79 Å². The van der Waals surface area contributed by atoms with E-state index in [1.54, 1.807) is 6.07 Å². The molecule has 1 aromatic rings. The van der Waals surface area contributed by atoms with Crippen molar-refractivity contribution in [1.29, 1.82) is 0 Å². The van der Waals surface area contributed by atoms with Gasteiger partial charge in [-0.3, -0.25) is 0 Å². The average molecular weight is 207 g/mol. The van der Waals surface area contributed by atoms with E-state index in [2.05, 4.69) is 0 Å². The molecule has 1 aliphatic carbocycles. The average Bonchev–Trinajstić information content (AvgIpc) is 2.61. The standard InChI is InChI=1S/C12H17NO2/c1-13-10(7-8-11(13)12(14)15)9-5-3-2-4-6-9/h7-9H,2-6H2,1H3,(H,14,15). The number of hydrogen-bond donors (Lipinski definition) is 1. The molecule has 1 N–H and O–H groups in total. The van der Waals surface area contributed by atoms with Crippen LogP contribution in [0.1, 0.15) is 54.2 Å². The van der Waals surface area contributed by atoms with Crippen molar-refractivity contribution in [2.45, 2.75) is 38.0 Å². The Bertz CT molecular complexity index is 362. The predicted octanol–water partition coefficient (Wildman–Crippen LogP) is 2.77. The first-order valence-electron chi connectivity index (χ1n) is 5.59. The molecule has 3 nitrogen and oxygen atoms in total. The van der Waals surface area contributed by atoms with E-state index in [-0.39, 0.29) is 0 Å². The second-order valence-corrected chi connectivity index (χ2v) is 4.34. The molecule has 0 unspecified atom stereocenters. The largest absolute Gasteiger partial charge is 0.477 e. The van der Waals surface area contributed by atoms with E-state index in [0.717, 1.165) is 0 Å². The fourth-order valence-corrected chi connectivity index (χ4v) is 2.55. The van der Waals surface area contributed by atoms with Crippen molar-refractivity contribution < 1.29 is 9.90 Å². The van der Waals surface area contributed by atoms with Gasteiger partial charge in [0.05, 0.1) is 0 Å². The summed E-state index contributed by atoms with van der Waals surface area (Å²) < 4.78 is 1.83. The zero-order valence-corrected chi connectivity index (χ0v) is 9.07. The normalized spacial score (nSPS) is 17.9. The molecule has 0 amide bonds. The Morgan fingerprint density at radius 3 is 2.53 bits per heavy atom. The molecule has 0 spiro atoms. The summed E-state index contributed by atoms with van der Waals surface area (Å²) >= 11 is 0. The van der Waals surface area contributed by atoms with Gasteiger partial charge in [-0.15, -0.1) is 0 Å². The van der Waals surface area contributed by atoms with Crippen LogP contribution in [0, 0.1) is 0 Å². The zero-order chi connectivity index (χ0) is 10.8. The molecule has 15 heavy (non-hydrogen) atoms. The monoisotopic (exact) mass is 207 g/mol. The van der Waals surface area contributed by atoms with E-state index >= 15 is 0 Å². The molecule has 0 bridgehead atoms. The van der Waals surface area contributed by atoms with Crippen LogP contribution in [0.5, 0.6) is 0 Å². The van der Waals surface area contributed by atoms with Crippen LogP contribution in [-0.2, 0) is 7.05 Å². The molecule has 0 atom stereocenters. The molecular weight excluding hydrogens is 190 g/mol. The Morgan fingerprint density at radius 2 is 2.00 bits per heavy atom. The van der Waals surface area contributed by atoms with Crippen molar-refractivity contribution in [1.82, 2.24) is 4.57 Å². The van der Waals surface area contributed by atoms with E-state index in [4.69, 9.17) is 5.11 Å². The third-order valence-corrected chi connectivity index (χ3v) is 3.40. The topological polar surface area (TPSA) is 42.2 Å². The second kappa shape index (κ2) is 4.09. The van der Waals surface area contributed by atoms with Crippen LogP contribution in [0.2, 0.25) is 0 Å². The fraction of sp³-hybridized carbons (Fsp3) is 0.583. The smallest absolute Gasteiger partial charge is 0.352 e. The molecular formula is C12H17NO2. The lowest BCUT2D eigenvalue weighted by atomic mass is 9.87. The molecule has 1 heterocycles. The van der Waals surface area contributed by atoms with Crippen LogP contribution in [0.3, 0.4) is 0 Å². The van der Waals surface area contributed by atoms with Gasteiger partial charge in [-0.2, -0.15) is 0 Å². The summed E-state index contributed by atoms with van der Waals surface area (Å²) in [5.74, 6) is -0.267. The lowest BCUT2D eigenvalue weighted by Gasteiger charge is -2.22. The molecule has 2 rings (SSSR count). The summed E-state index contributed by atoms with van der Waals surface area (Å²) in [4.78, 5) is 10.9. The van der Waals surface area contributed by atoms with Gasteiger partial charge < -0.3 is 9.67 Å². The highest BCUT2D eigenvalue weighted by Gasteiger charge is 2.20. The molecule has 1 saturated carbocycles. The van der Waals surface area contributed by atoms with Gasteiger partial charge in [-0.25, -0.2) is 4.79 Å². The number of rotatable bonds is 2. The van der Waals surface area contributed by atoms with E-state index in [0.29, 0.717) is 11.6 Å². The van der Waals surface area contributed by atoms with Crippen LogP contribution in [-0.4, -0.2) is 15.6 Å². The van der Waals surface area contributed by atoms with Gasteiger partial charge in [-0.05, 0) is 30.9 Å². The van der Waals surface area contributed by atoms with Crippen molar-refractivity contribution in [3.8, 4) is 0 Å². The lowest BCUT2D eigenvalue weighted by molar-refractivity contribution is 0.0686. The molecule has 1 aromatic heterocycles. The van der Waals surface area contributed by atoms with E-state index in [1.807, 2.05) is 17.7 Å². The Balaban J connectivity index is 2.24. The highest BCUT2D eigenvalue weighted by Crippen LogP contribution is 2.33. The summed E-state index contributed by atoms with van der Waals surface area (Å²) in [6.07, 6.45) is 6.29. The highest BCUT2D eigenvalue weighted by molar-refractivity contribution is 5.86. The zero-order valence-electron chi connectivity index (χ0n) is 9.07. The Kier molecular flexibility index (Phi) is 2.80. The molecule has 0 aromatic carbocycles. The van der Waals surface area contributed by atoms with Crippen molar-refractivity contribution in [3.05, 3.63) is 23.5 Å². The summed E-state index contributed by atoms with van der Waals surface area (Å²) in [5.41, 5.74) is 1.59. The predicted molar refractivity (Wildman–Crippen MR) is 58.2 cm³/mol. The van der Waals surface area contributed by atoms with Gasteiger partial charge in [0, 0.05) is 12.7 Å². The molecule has 82 valence electrons. The maximum atomic E-state index is 10.9. The van der Waals surface area contributed by atoms with E-state index in [1.165, 1.54) is 37.8 Å². The van der Waals surface area contributed by atoms with Crippen LogP contribution >= 0.6 is 0 Å². The maximum Gasteiger partial charge on any atom is 0.352 e. The molecule has 0 radical (unpaired) electrons. The molecule has 1 fully saturated rings. The van der Waals surface area contributed by atoms with Crippen molar-refractivity contribution in [2.24, 2.45) is 7.05 Å². The number of hydrogen-bond acceptors (Lipinski definition) is 1. The number of aromatic nitrogens is 1. The first-order valence-corrected chi connectivity index (χ1v) is 5.59. The van der Waals surface area contributed by atoms with Gasteiger partial charge in [0.15, 0.2) is 0 Å². The highest BCUT2D eigenvalue weighted by atomic mass is 16.4. The van der Waals surface area contributed by atoms with Crippen LogP contribution in [0.15, 0.2) is 12.1 Å². The van der Waals surface area contributed by atoms with Gasteiger partial charge in [-0.1, -0.05) is 19.3 Å². The second-order valence-electron chi connectivity index (χ2n) is 4.34. The van der Waals surface area contributed by atoms with Gasteiger partial charge in [0.25, 0.3) is 0 Å². The molecule has 1 aliphatic rings. The minimum atomic E-state index is -0.834. The minimum Gasteiger partial charge on any atom is -0.477 e. The first kappa shape index (κ1) is 10.3. The lowest BCUT2D eigenvalue weighted by Crippen LogP contribution is -2.12. The number of aromatic carboxylic acids is 1. The molecule has 0 saturated heterocycles. The minimum absolute atomic E-state index is 0.399. The Hall–Kier alpha value is -1.25. The number of carboxylic acid groups (broad SMARTS) is 1. The van der Waals surface area contributed by atoms with E-state index < -0.39 is 5.97 Å². The SMILES string of the molecule is Cn1c(C(=O)O)ccc1C1CCCCC1. The Morgan fingerprint density at radius 1 is 1.33 bits per heavy atom. The van der Waals surface area contributed by atoms with Crippen molar-refractivity contribution >= 4 is 5.97 Å². The molecule has 3 heteroatoms. The summed E-state index contributed by atoms with van der Waals surface area (Å²) in [5, 5.41) is 8.96. The van der Waals surface area contributed by atoms with Crippen LogP contribution < -0.4 is 0 Å². The quantitative estimate of drug-likeness (QED) is 0.810. The first-order chi connectivity index (χ1) is 7.20. The third-order valence-electron chi connectivity index (χ3n) is 3.40. The van der Waals surface area contributed by atoms with Crippen molar-refractivity contribution in [3.63, 3.8) is 0 Å². The summed E-state index contributed by atoms with van der Waals surface area (Å²) in [7, 11) is 1.85. The molecule has 0 aliphatic heterocycles. The van der Waals surface area contributed by atoms with Gasteiger partial charge >= 0.3 is 5.97 Å². The number of carbonyl (C=O) groups is 1. The summed E-state index contributed by atoms with van der Waals surface area (Å²) in [6, 6.07) is 3.69. The van der Waals surface area contributed by atoms with Gasteiger partial charge in [0.2, 0.25) is 0 Å². The van der Waals surface area contributed by atoms with Crippen LogP contribution in [0.4, 0.5) is 0 Å². The maximum absolute atomic E-state index is 10.9. The van der Waals surface area contributed by atoms with Crippen molar-refractivity contribution in [2.75, 3.05) is 0 Å². The number of nitrogens with zero attached hydrogens (tertiary/aromatic N) is 1. The Labute approximate surface area is 89.7 Å². The fourth-order valence-electron chi connectivity index (χ4n) is 2.55. The number of carboxylic acids is 1. The van der Waals surface area contributed by atoms with Crippen LogP contribution in [0.25, 0.3) is 0 Å².